The van der Waals surface area contributed by atoms with Crippen LogP contribution < -0.4 is 10.1 Å². The van der Waals surface area contributed by atoms with Crippen molar-refractivity contribution in [1.29, 1.82) is 0 Å². The van der Waals surface area contributed by atoms with E-state index in [1.165, 1.54) is 0 Å². The maximum atomic E-state index is 12.1. The first-order chi connectivity index (χ1) is 9.20. The minimum atomic E-state index is -0.102. The molecule has 1 N–H and O–H groups in total. The van der Waals surface area contributed by atoms with Crippen LogP contribution in [0.25, 0.3) is 0 Å². The molecular weight excluding hydrogens is 238 g/mol. The van der Waals surface area contributed by atoms with E-state index in [2.05, 4.69) is 5.32 Å². The van der Waals surface area contributed by atoms with Crippen LogP contribution in [-0.4, -0.2) is 13.0 Å². The molecule has 0 fully saturated rings. The topological polar surface area (TPSA) is 38.3 Å². The van der Waals surface area contributed by atoms with Gasteiger partial charge in [0.25, 0.3) is 5.91 Å². The van der Waals surface area contributed by atoms with Gasteiger partial charge in [-0.3, -0.25) is 4.79 Å². The van der Waals surface area contributed by atoms with Crippen molar-refractivity contribution < 1.29 is 9.53 Å². The number of hydrogen-bond acceptors (Lipinski definition) is 2. The highest BCUT2D eigenvalue weighted by Gasteiger charge is 2.11. The second kappa shape index (κ2) is 6.05. The van der Waals surface area contributed by atoms with Crippen LogP contribution in [-0.2, 0) is 0 Å². The van der Waals surface area contributed by atoms with Gasteiger partial charge in [-0.2, -0.15) is 0 Å². The Labute approximate surface area is 113 Å². The first-order valence-electron chi connectivity index (χ1n) is 6.20. The summed E-state index contributed by atoms with van der Waals surface area (Å²) in [6.07, 6.45) is 0. The molecule has 0 aliphatic heterocycles. The van der Waals surface area contributed by atoms with Gasteiger partial charge in [-0.05, 0) is 30.7 Å². The molecule has 0 heterocycles. The van der Waals surface area contributed by atoms with Crippen molar-refractivity contribution in [2.24, 2.45) is 0 Å². The largest absolute Gasteiger partial charge is 0.497 e. The lowest BCUT2D eigenvalue weighted by molar-refractivity contribution is 0.0939. The van der Waals surface area contributed by atoms with E-state index in [-0.39, 0.29) is 11.9 Å². The highest BCUT2D eigenvalue weighted by atomic mass is 16.5. The van der Waals surface area contributed by atoms with Gasteiger partial charge in [-0.15, -0.1) is 0 Å². The Balaban J connectivity index is 2.08. The summed E-state index contributed by atoms with van der Waals surface area (Å²) in [5.74, 6) is 0.579. The highest BCUT2D eigenvalue weighted by Crippen LogP contribution is 2.15. The molecule has 0 radical (unpaired) electrons. The summed E-state index contributed by atoms with van der Waals surface area (Å²) in [4.78, 5) is 12.1. The molecule has 1 amide bonds. The highest BCUT2D eigenvalue weighted by molar-refractivity contribution is 5.94. The fraction of sp³-hybridized carbons (Fsp3) is 0.188. The lowest BCUT2D eigenvalue weighted by Gasteiger charge is -2.14. The van der Waals surface area contributed by atoms with Crippen LogP contribution in [0.15, 0.2) is 54.6 Å². The average molecular weight is 255 g/mol. The van der Waals surface area contributed by atoms with Crippen molar-refractivity contribution in [3.05, 3.63) is 65.7 Å². The Morgan fingerprint density at radius 2 is 1.84 bits per heavy atom. The molecule has 0 aromatic heterocycles. The zero-order chi connectivity index (χ0) is 13.7. The van der Waals surface area contributed by atoms with Gasteiger partial charge >= 0.3 is 0 Å². The fourth-order valence-corrected chi connectivity index (χ4v) is 1.87. The van der Waals surface area contributed by atoms with Gasteiger partial charge in [-0.1, -0.05) is 36.4 Å². The van der Waals surface area contributed by atoms with Crippen molar-refractivity contribution in [3.63, 3.8) is 0 Å². The second-order valence-electron chi connectivity index (χ2n) is 4.34. The Bertz CT molecular complexity index is 552. The summed E-state index contributed by atoms with van der Waals surface area (Å²) >= 11 is 0. The Hall–Kier alpha value is -2.29. The lowest BCUT2D eigenvalue weighted by Crippen LogP contribution is -2.26. The Kier molecular flexibility index (Phi) is 4.18. The monoisotopic (exact) mass is 255 g/mol. The molecule has 0 spiro atoms. The predicted octanol–water partition coefficient (Wildman–Crippen LogP) is 3.19. The predicted molar refractivity (Wildman–Crippen MR) is 75.3 cm³/mol. The van der Waals surface area contributed by atoms with Gasteiger partial charge in [0, 0.05) is 5.56 Å². The molecule has 0 bridgehead atoms. The molecule has 98 valence electrons. The average Bonchev–Trinajstić information content (AvgIpc) is 2.48. The lowest BCUT2D eigenvalue weighted by atomic mass is 10.1. The van der Waals surface area contributed by atoms with Crippen LogP contribution in [0.1, 0.15) is 28.9 Å². The second-order valence-corrected chi connectivity index (χ2v) is 4.34. The van der Waals surface area contributed by atoms with E-state index in [4.69, 9.17) is 4.74 Å². The summed E-state index contributed by atoms with van der Waals surface area (Å²) in [6.45, 7) is 1.97. The molecule has 1 unspecified atom stereocenters. The van der Waals surface area contributed by atoms with Gasteiger partial charge in [0.2, 0.25) is 0 Å². The first kappa shape index (κ1) is 13.1. The van der Waals surface area contributed by atoms with Crippen molar-refractivity contribution in [2.75, 3.05) is 7.11 Å². The van der Waals surface area contributed by atoms with Gasteiger partial charge in [-0.25, -0.2) is 0 Å². The normalized spacial score (nSPS) is 11.7. The number of benzene rings is 2. The SMILES string of the molecule is COc1cccc(C(=O)NC(C)c2ccccc2)c1. The summed E-state index contributed by atoms with van der Waals surface area (Å²) in [5, 5.41) is 2.97. The third kappa shape index (κ3) is 3.35. The number of amides is 1. The van der Waals surface area contributed by atoms with Gasteiger partial charge < -0.3 is 10.1 Å². The first-order valence-corrected chi connectivity index (χ1v) is 6.20. The van der Waals surface area contributed by atoms with E-state index >= 15 is 0 Å². The van der Waals surface area contributed by atoms with E-state index in [1.807, 2.05) is 43.3 Å². The number of carbonyl (C=O) groups is 1. The Morgan fingerprint density at radius 1 is 1.11 bits per heavy atom. The summed E-state index contributed by atoms with van der Waals surface area (Å²) in [5.41, 5.74) is 1.68. The summed E-state index contributed by atoms with van der Waals surface area (Å²) in [7, 11) is 1.59. The molecule has 2 rings (SSSR count). The fourth-order valence-electron chi connectivity index (χ4n) is 1.87. The van der Waals surface area contributed by atoms with Crippen LogP contribution >= 0.6 is 0 Å². The Morgan fingerprint density at radius 3 is 2.53 bits per heavy atom. The van der Waals surface area contributed by atoms with E-state index in [9.17, 15) is 4.79 Å². The van der Waals surface area contributed by atoms with Crippen molar-refractivity contribution in [3.8, 4) is 5.75 Å². The van der Waals surface area contributed by atoms with E-state index in [1.54, 1.807) is 25.3 Å². The zero-order valence-electron chi connectivity index (χ0n) is 11.1. The molecule has 2 aromatic carbocycles. The van der Waals surface area contributed by atoms with Crippen molar-refractivity contribution >= 4 is 5.91 Å². The molecule has 3 nitrogen and oxygen atoms in total. The standard InChI is InChI=1S/C16H17NO2/c1-12(13-7-4-3-5-8-13)17-16(18)14-9-6-10-15(11-14)19-2/h3-12H,1-2H3,(H,17,18). The number of carbonyl (C=O) groups excluding carboxylic acids is 1. The smallest absolute Gasteiger partial charge is 0.251 e. The number of hydrogen-bond donors (Lipinski definition) is 1. The van der Waals surface area contributed by atoms with Gasteiger partial charge in [0.1, 0.15) is 5.75 Å². The minimum Gasteiger partial charge on any atom is -0.497 e. The van der Waals surface area contributed by atoms with Crippen LogP contribution in [0.3, 0.4) is 0 Å². The summed E-state index contributed by atoms with van der Waals surface area (Å²) < 4.78 is 5.11. The maximum absolute atomic E-state index is 12.1. The number of rotatable bonds is 4. The van der Waals surface area contributed by atoms with Crippen LogP contribution in [0.5, 0.6) is 5.75 Å². The van der Waals surface area contributed by atoms with Crippen LogP contribution in [0.4, 0.5) is 0 Å². The number of methoxy groups -OCH3 is 1. The van der Waals surface area contributed by atoms with Gasteiger partial charge in [0.05, 0.1) is 13.2 Å². The number of nitrogens with one attached hydrogen (secondary N) is 1. The van der Waals surface area contributed by atoms with Crippen LogP contribution in [0.2, 0.25) is 0 Å². The van der Waals surface area contributed by atoms with Crippen molar-refractivity contribution in [1.82, 2.24) is 5.32 Å². The molecule has 0 aliphatic carbocycles. The zero-order valence-corrected chi connectivity index (χ0v) is 11.1. The molecule has 19 heavy (non-hydrogen) atoms. The third-order valence-corrected chi connectivity index (χ3v) is 2.98. The third-order valence-electron chi connectivity index (χ3n) is 2.98. The maximum Gasteiger partial charge on any atom is 0.251 e. The molecule has 3 heteroatoms. The molecular formula is C16H17NO2. The molecule has 0 aliphatic rings. The molecule has 0 saturated carbocycles. The van der Waals surface area contributed by atoms with Crippen molar-refractivity contribution in [2.45, 2.75) is 13.0 Å². The molecule has 0 saturated heterocycles. The summed E-state index contributed by atoms with van der Waals surface area (Å²) in [6, 6.07) is 17.0. The van der Waals surface area contributed by atoms with Crippen LogP contribution in [0, 0.1) is 0 Å². The number of ether oxygens (including phenoxy) is 1. The quantitative estimate of drug-likeness (QED) is 0.911. The van der Waals surface area contributed by atoms with E-state index in [0.29, 0.717) is 11.3 Å². The van der Waals surface area contributed by atoms with E-state index < -0.39 is 0 Å². The van der Waals surface area contributed by atoms with E-state index in [0.717, 1.165) is 5.56 Å². The molecule has 2 aromatic rings. The van der Waals surface area contributed by atoms with Gasteiger partial charge in [0.15, 0.2) is 0 Å². The molecule has 1 atom stereocenters. The minimum absolute atomic E-state index is 0.0279.